The summed E-state index contributed by atoms with van der Waals surface area (Å²) in [6.07, 6.45) is 5.04. The van der Waals surface area contributed by atoms with Crippen molar-refractivity contribution in [1.29, 1.82) is 0 Å². The molecule has 0 aliphatic carbocycles. The monoisotopic (exact) mass is 531 g/mol. The molecule has 3 aromatic heterocycles. The lowest BCUT2D eigenvalue weighted by Crippen LogP contribution is -2.32. The van der Waals surface area contributed by atoms with Crippen molar-refractivity contribution < 1.29 is 23.5 Å². The molecule has 5 rings (SSSR count). The van der Waals surface area contributed by atoms with E-state index in [2.05, 4.69) is 15.3 Å². The second kappa shape index (κ2) is 10.3. The number of halogens is 1. The number of fused-ring (bicyclic) bond motifs is 1. The van der Waals surface area contributed by atoms with Crippen LogP contribution in [-0.4, -0.2) is 33.5 Å². The molecule has 3 N–H and O–H groups in total. The third-order valence-corrected chi connectivity index (χ3v) is 7.03. The van der Waals surface area contributed by atoms with Crippen molar-refractivity contribution in [3.8, 4) is 27.8 Å². The third-order valence-electron chi connectivity index (χ3n) is 5.87. The molecule has 0 saturated heterocycles. The molecule has 2 aromatic carbocycles. The number of hydrogen-bond donors (Lipinski definition) is 2. The van der Waals surface area contributed by atoms with Gasteiger partial charge in [0, 0.05) is 19.3 Å². The van der Waals surface area contributed by atoms with Crippen molar-refractivity contribution in [1.82, 2.24) is 14.5 Å². The maximum absolute atomic E-state index is 15.2. The third kappa shape index (κ3) is 4.78. The van der Waals surface area contributed by atoms with Gasteiger partial charge in [-0.3, -0.25) is 14.6 Å². The number of thiophene rings is 1. The van der Waals surface area contributed by atoms with Crippen LogP contribution in [0.4, 0.5) is 10.1 Å². The summed E-state index contributed by atoms with van der Waals surface area (Å²) in [5, 5.41) is 2.62. The maximum atomic E-state index is 15.2. The van der Waals surface area contributed by atoms with Crippen LogP contribution in [0.2, 0.25) is 0 Å². The summed E-state index contributed by atoms with van der Waals surface area (Å²) in [5.74, 6) is -3.09. The fraction of sp³-hybridized carbons (Fsp3) is 0.111. The highest BCUT2D eigenvalue weighted by molar-refractivity contribution is 7.22. The Hall–Kier alpha value is -4.77. The molecular weight excluding hydrogens is 509 g/mol. The number of benzene rings is 2. The normalized spacial score (nSPS) is 11.8. The molecule has 0 aliphatic heterocycles. The van der Waals surface area contributed by atoms with Crippen LogP contribution < -0.4 is 20.5 Å². The number of anilines is 1. The van der Waals surface area contributed by atoms with Crippen molar-refractivity contribution in [3.63, 3.8) is 0 Å². The van der Waals surface area contributed by atoms with Gasteiger partial charge in [0.2, 0.25) is 11.8 Å². The number of nitrogens with one attached hydrogen (secondary N) is 1. The van der Waals surface area contributed by atoms with Crippen molar-refractivity contribution in [2.75, 3.05) is 12.4 Å². The molecule has 192 valence electrons. The van der Waals surface area contributed by atoms with Crippen molar-refractivity contribution in [3.05, 3.63) is 84.7 Å². The van der Waals surface area contributed by atoms with E-state index >= 15 is 4.39 Å². The van der Waals surface area contributed by atoms with Crippen molar-refractivity contribution in [2.24, 2.45) is 12.8 Å². The Kier molecular flexibility index (Phi) is 6.75. The second-order valence-electron chi connectivity index (χ2n) is 8.34. The lowest BCUT2D eigenvalue weighted by molar-refractivity contribution is -0.127. The molecule has 0 aliphatic rings. The predicted molar refractivity (Wildman–Crippen MR) is 142 cm³/mol. The first-order valence-corrected chi connectivity index (χ1v) is 12.2. The number of rotatable bonds is 8. The Bertz CT molecular complexity index is 1660. The smallest absolute Gasteiger partial charge is 0.241 e. The highest BCUT2D eigenvalue weighted by Crippen LogP contribution is 2.39. The molecular formula is C27H22FN5O4S. The number of aryl methyl sites for hydroxylation is 1. The van der Waals surface area contributed by atoms with Gasteiger partial charge in [-0.15, -0.1) is 11.3 Å². The van der Waals surface area contributed by atoms with Crippen LogP contribution in [0, 0.1) is 5.82 Å². The molecule has 0 bridgehead atoms. The van der Waals surface area contributed by atoms with Gasteiger partial charge in [0.15, 0.2) is 11.6 Å². The first-order valence-electron chi connectivity index (χ1n) is 11.4. The number of aromatic nitrogens is 3. The fourth-order valence-electron chi connectivity index (χ4n) is 4.01. The lowest BCUT2D eigenvalue weighted by Gasteiger charge is -2.16. The number of carbonyl (C=O) groups is 2. The molecule has 38 heavy (non-hydrogen) atoms. The van der Waals surface area contributed by atoms with Gasteiger partial charge >= 0.3 is 0 Å². The van der Waals surface area contributed by atoms with E-state index in [1.807, 2.05) is 17.7 Å². The van der Waals surface area contributed by atoms with E-state index < -0.39 is 23.5 Å². The maximum Gasteiger partial charge on any atom is 0.241 e. The van der Waals surface area contributed by atoms with E-state index in [1.165, 1.54) is 30.6 Å². The van der Waals surface area contributed by atoms with E-state index in [4.69, 9.17) is 15.2 Å². The number of para-hydroxylation sites is 2. The lowest BCUT2D eigenvalue weighted by atomic mass is 9.97. The molecule has 3 heterocycles. The van der Waals surface area contributed by atoms with Crippen LogP contribution in [0.25, 0.3) is 20.8 Å². The minimum atomic E-state index is -1.44. The van der Waals surface area contributed by atoms with Gasteiger partial charge in [0.1, 0.15) is 17.4 Å². The Balaban J connectivity index is 1.41. The molecule has 1 atom stereocenters. The molecule has 2 amide bonds. The summed E-state index contributed by atoms with van der Waals surface area (Å²) < 4.78 is 29.0. The van der Waals surface area contributed by atoms with Gasteiger partial charge in [-0.2, -0.15) is 0 Å². The number of methoxy groups -OCH3 is 1. The molecule has 9 nitrogen and oxygen atoms in total. The van der Waals surface area contributed by atoms with Gasteiger partial charge in [0.05, 0.1) is 46.1 Å². The SMILES string of the molecule is COc1ccccc1NC(=O)C(C(N)=O)c1ccc(Oc2ccnc3cc(-c4cncn4C)sc23)c(F)c1. The number of nitrogens with zero attached hydrogens (tertiary/aromatic N) is 3. The van der Waals surface area contributed by atoms with Crippen LogP contribution in [0.15, 0.2) is 73.3 Å². The summed E-state index contributed by atoms with van der Waals surface area (Å²) in [4.78, 5) is 34.6. The number of ether oxygens (including phenoxy) is 2. The standard InChI is InChI=1S/C27H22FN5O4S/c1-33-14-30-13-19(33)23-12-18-25(38-23)22(9-10-31-18)37-20-8-7-15(11-16(20)28)24(26(29)34)27(35)32-17-5-3-4-6-21(17)36-2/h3-14,24H,1-2H3,(H2,29,34)(H,32,35). The predicted octanol–water partition coefficient (Wildman–Crippen LogP) is 4.84. The van der Waals surface area contributed by atoms with E-state index in [9.17, 15) is 9.59 Å². The van der Waals surface area contributed by atoms with Gasteiger partial charge in [-0.25, -0.2) is 9.37 Å². The van der Waals surface area contributed by atoms with Gasteiger partial charge < -0.3 is 25.1 Å². The molecule has 11 heteroatoms. The number of hydrogen-bond acceptors (Lipinski definition) is 7. The summed E-state index contributed by atoms with van der Waals surface area (Å²) in [7, 11) is 3.35. The zero-order chi connectivity index (χ0) is 26.8. The number of imidazole rings is 1. The van der Waals surface area contributed by atoms with Crippen LogP contribution >= 0.6 is 11.3 Å². The number of primary amides is 1. The molecule has 1 unspecified atom stereocenters. The van der Waals surface area contributed by atoms with Crippen LogP contribution in [0.1, 0.15) is 11.5 Å². The largest absolute Gasteiger partial charge is 0.495 e. The van der Waals surface area contributed by atoms with Gasteiger partial charge in [-0.1, -0.05) is 18.2 Å². The number of carbonyl (C=O) groups excluding carboxylic acids is 2. The van der Waals surface area contributed by atoms with Crippen molar-refractivity contribution >= 4 is 39.1 Å². The molecule has 0 radical (unpaired) electrons. The highest BCUT2D eigenvalue weighted by Gasteiger charge is 2.28. The average molecular weight is 532 g/mol. The first kappa shape index (κ1) is 24.9. The summed E-state index contributed by atoms with van der Waals surface area (Å²) in [5.41, 5.74) is 7.58. The van der Waals surface area contributed by atoms with E-state index in [-0.39, 0.29) is 11.3 Å². The minimum Gasteiger partial charge on any atom is -0.495 e. The number of nitrogens with two attached hydrogens (primary N) is 1. The van der Waals surface area contributed by atoms with Crippen LogP contribution in [0.3, 0.4) is 0 Å². The Labute approximate surface area is 220 Å². The molecule has 0 spiro atoms. The first-order chi connectivity index (χ1) is 18.4. The van der Waals surface area contributed by atoms with E-state index in [0.29, 0.717) is 22.7 Å². The molecule has 0 fully saturated rings. The molecule has 5 aromatic rings. The Morgan fingerprint density at radius 2 is 1.92 bits per heavy atom. The fourth-order valence-corrected chi connectivity index (χ4v) is 5.13. The number of pyridine rings is 1. The Morgan fingerprint density at radius 3 is 2.63 bits per heavy atom. The second-order valence-corrected chi connectivity index (χ2v) is 9.39. The van der Waals surface area contributed by atoms with E-state index in [0.717, 1.165) is 21.3 Å². The highest BCUT2D eigenvalue weighted by atomic mass is 32.1. The number of amides is 2. The summed E-state index contributed by atoms with van der Waals surface area (Å²) >= 11 is 1.45. The van der Waals surface area contributed by atoms with Crippen LogP contribution in [0.5, 0.6) is 17.2 Å². The Morgan fingerprint density at radius 1 is 1.11 bits per heavy atom. The summed E-state index contributed by atoms with van der Waals surface area (Å²) in [6, 6.07) is 14.1. The molecule has 0 saturated carbocycles. The zero-order valence-corrected chi connectivity index (χ0v) is 21.2. The topological polar surface area (TPSA) is 121 Å². The van der Waals surface area contributed by atoms with Crippen LogP contribution in [-0.2, 0) is 16.6 Å². The minimum absolute atomic E-state index is 0.0786. The average Bonchev–Trinajstić information content (AvgIpc) is 3.52. The quantitative estimate of drug-likeness (QED) is 0.276. The van der Waals surface area contributed by atoms with Crippen molar-refractivity contribution in [2.45, 2.75) is 5.92 Å². The zero-order valence-electron chi connectivity index (χ0n) is 20.3. The van der Waals surface area contributed by atoms with E-state index in [1.54, 1.807) is 49.1 Å². The van der Waals surface area contributed by atoms with Gasteiger partial charge in [-0.05, 0) is 35.9 Å². The summed E-state index contributed by atoms with van der Waals surface area (Å²) in [6.45, 7) is 0. The van der Waals surface area contributed by atoms with Gasteiger partial charge in [0.25, 0.3) is 0 Å².